The largest absolute Gasteiger partial charge is 0.340 e. The predicted molar refractivity (Wildman–Crippen MR) is 114 cm³/mol. The molecule has 1 aromatic heterocycles. The smallest absolute Gasteiger partial charge is 0.227 e. The summed E-state index contributed by atoms with van der Waals surface area (Å²) >= 11 is 1.63. The van der Waals surface area contributed by atoms with Crippen LogP contribution < -0.4 is 0 Å². The standard InChI is InChI=1S/C23H24FN3OS/c1-17-3-2-4-18(13-17)14-23(28)27-11-9-26(10-12-27)15-22-25-21(16-29-22)19-5-7-20(24)8-6-19/h2-8,13,16H,9-12,14-15H2,1H3. The van der Waals surface area contributed by atoms with Gasteiger partial charge in [-0.2, -0.15) is 0 Å². The summed E-state index contributed by atoms with van der Waals surface area (Å²) in [7, 11) is 0. The Bertz CT molecular complexity index is 978. The van der Waals surface area contributed by atoms with E-state index in [2.05, 4.69) is 11.0 Å². The third-order valence-electron chi connectivity index (χ3n) is 5.21. The Hall–Kier alpha value is -2.57. The molecule has 0 spiro atoms. The molecular weight excluding hydrogens is 385 g/mol. The Labute approximate surface area is 174 Å². The molecule has 1 aliphatic rings. The Balaban J connectivity index is 1.29. The van der Waals surface area contributed by atoms with Crippen LogP contribution in [-0.4, -0.2) is 46.9 Å². The van der Waals surface area contributed by atoms with E-state index in [1.807, 2.05) is 35.4 Å². The molecule has 0 radical (unpaired) electrons. The molecule has 150 valence electrons. The number of carbonyl (C=O) groups is 1. The minimum absolute atomic E-state index is 0.197. The van der Waals surface area contributed by atoms with Gasteiger partial charge >= 0.3 is 0 Å². The van der Waals surface area contributed by atoms with Crippen molar-refractivity contribution in [2.24, 2.45) is 0 Å². The zero-order chi connectivity index (χ0) is 20.2. The van der Waals surface area contributed by atoms with E-state index in [1.54, 1.807) is 23.5 Å². The van der Waals surface area contributed by atoms with Crippen molar-refractivity contribution in [3.63, 3.8) is 0 Å². The van der Waals surface area contributed by atoms with E-state index in [4.69, 9.17) is 4.98 Å². The Morgan fingerprint density at radius 1 is 1.10 bits per heavy atom. The Kier molecular flexibility index (Phi) is 6.02. The second-order valence-corrected chi connectivity index (χ2v) is 8.40. The molecule has 1 amide bonds. The number of nitrogens with zero attached hydrogens (tertiary/aromatic N) is 3. The van der Waals surface area contributed by atoms with Crippen LogP contribution >= 0.6 is 11.3 Å². The maximum absolute atomic E-state index is 13.1. The van der Waals surface area contributed by atoms with E-state index in [0.717, 1.165) is 54.6 Å². The normalized spacial score (nSPS) is 14.9. The summed E-state index contributed by atoms with van der Waals surface area (Å²) in [6.07, 6.45) is 0.467. The number of hydrogen-bond acceptors (Lipinski definition) is 4. The highest BCUT2D eigenvalue weighted by molar-refractivity contribution is 7.09. The summed E-state index contributed by atoms with van der Waals surface area (Å²) in [4.78, 5) is 21.6. The molecule has 2 heterocycles. The van der Waals surface area contributed by atoms with Crippen LogP contribution in [0.1, 0.15) is 16.1 Å². The average Bonchev–Trinajstić information content (AvgIpc) is 3.17. The van der Waals surface area contributed by atoms with Crippen molar-refractivity contribution < 1.29 is 9.18 Å². The zero-order valence-electron chi connectivity index (χ0n) is 16.5. The lowest BCUT2D eigenvalue weighted by atomic mass is 10.1. The fourth-order valence-corrected chi connectivity index (χ4v) is 4.44. The number of hydrogen-bond donors (Lipinski definition) is 0. The summed E-state index contributed by atoms with van der Waals surface area (Å²) in [5.41, 5.74) is 4.08. The minimum atomic E-state index is -0.237. The second-order valence-electron chi connectivity index (χ2n) is 7.46. The first-order valence-electron chi connectivity index (χ1n) is 9.83. The number of amides is 1. The molecule has 1 fully saturated rings. The fourth-order valence-electron chi connectivity index (χ4n) is 3.59. The molecule has 0 N–H and O–H groups in total. The van der Waals surface area contributed by atoms with Gasteiger partial charge in [0.25, 0.3) is 0 Å². The molecule has 1 aliphatic heterocycles. The molecule has 4 nitrogen and oxygen atoms in total. The van der Waals surface area contributed by atoms with E-state index in [0.29, 0.717) is 6.42 Å². The van der Waals surface area contributed by atoms with Crippen molar-refractivity contribution in [3.8, 4) is 11.3 Å². The molecule has 0 unspecified atom stereocenters. The quantitative estimate of drug-likeness (QED) is 0.635. The van der Waals surface area contributed by atoms with Crippen molar-refractivity contribution in [3.05, 3.63) is 75.9 Å². The Morgan fingerprint density at radius 2 is 1.86 bits per heavy atom. The predicted octanol–water partition coefficient (Wildman–Crippen LogP) is 4.14. The number of aryl methyl sites for hydroxylation is 1. The number of benzene rings is 2. The van der Waals surface area contributed by atoms with Gasteiger partial charge < -0.3 is 4.90 Å². The van der Waals surface area contributed by atoms with Crippen LogP contribution in [0.15, 0.2) is 53.9 Å². The highest BCUT2D eigenvalue weighted by Crippen LogP contribution is 2.23. The average molecular weight is 410 g/mol. The lowest BCUT2D eigenvalue weighted by molar-refractivity contribution is -0.132. The summed E-state index contributed by atoms with van der Waals surface area (Å²) < 4.78 is 13.1. The first kappa shape index (κ1) is 19.7. The molecule has 0 saturated carbocycles. The topological polar surface area (TPSA) is 36.4 Å². The zero-order valence-corrected chi connectivity index (χ0v) is 17.3. The Morgan fingerprint density at radius 3 is 2.59 bits per heavy atom. The van der Waals surface area contributed by atoms with Crippen LogP contribution in [0.25, 0.3) is 11.3 Å². The highest BCUT2D eigenvalue weighted by atomic mass is 32.1. The van der Waals surface area contributed by atoms with Gasteiger partial charge in [-0.05, 0) is 36.8 Å². The van der Waals surface area contributed by atoms with Crippen LogP contribution in [-0.2, 0) is 17.8 Å². The number of piperazine rings is 1. The van der Waals surface area contributed by atoms with E-state index >= 15 is 0 Å². The van der Waals surface area contributed by atoms with Gasteiger partial charge in [0.05, 0.1) is 18.7 Å². The molecule has 0 atom stereocenters. The van der Waals surface area contributed by atoms with Gasteiger partial charge in [-0.1, -0.05) is 29.8 Å². The van der Waals surface area contributed by atoms with Gasteiger partial charge in [-0.15, -0.1) is 11.3 Å². The van der Waals surface area contributed by atoms with Gasteiger partial charge in [0.15, 0.2) is 0 Å². The summed E-state index contributed by atoms with van der Waals surface area (Å²) in [5, 5.41) is 3.06. The molecule has 4 rings (SSSR count). The molecule has 0 bridgehead atoms. The number of halogens is 1. The van der Waals surface area contributed by atoms with Crippen LogP contribution in [0.2, 0.25) is 0 Å². The van der Waals surface area contributed by atoms with Crippen LogP contribution in [0.3, 0.4) is 0 Å². The maximum atomic E-state index is 13.1. The summed E-state index contributed by atoms with van der Waals surface area (Å²) in [5.74, 6) is -0.0397. The van der Waals surface area contributed by atoms with Crippen LogP contribution in [0.5, 0.6) is 0 Å². The van der Waals surface area contributed by atoms with Crippen LogP contribution in [0.4, 0.5) is 4.39 Å². The SMILES string of the molecule is Cc1cccc(CC(=O)N2CCN(Cc3nc(-c4ccc(F)cc4)cs3)CC2)c1. The number of rotatable bonds is 5. The highest BCUT2D eigenvalue weighted by Gasteiger charge is 2.22. The van der Waals surface area contributed by atoms with Crippen molar-refractivity contribution >= 4 is 17.2 Å². The van der Waals surface area contributed by atoms with Crippen molar-refractivity contribution in [1.82, 2.24) is 14.8 Å². The molecule has 29 heavy (non-hydrogen) atoms. The molecule has 3 aromatic rings. The van der Waals surface area contributed by atoms with Gasteiger partial charge in [-0.3, -0.25) is 9.69 Å². The third kappa shape index (κ3) is 5.08. The summed E-state index contributed by atoms with van der Waals surface area (Å²) in [6, 6.07) is 14.6. The van der Waals surface area contributed by atoms with Gasteiger partial charge in [0.1, 0.15) is 10.8 Å². The third-order valence-corrected chi connectivity index (χ3v) is 6.05. The molecule has 2 aromatic carbocycles. The lowest BCUT2D eigenvalue weighted by Crippen LogP contribution is -2.48. The molecule has 1 saturated heterocycles. The van der Waals surface area contributed by atoms with Gasteiger partial charge in [-0.25, -0.2) is 9.37 Å². The fraction of sp³-hybridized carbons (Fsp3) is 0.304. The first-order valence-corrected chi connectivity index (χ1v) is 10.7. The van der Waals surface area contributed by atoms with E-state index < -0.39 is 0 Å². The van der Waals surface area contributed by atoms with Crippen molar-refractivity contribution in [1.29, 1.82) is 0 Å². The van der Waals surface area contributed by atoms with E-state index in [9.17, 15) is 9.18 Å². The van der Waals surface area contributed by atoms with Gasteiger partial charge in [0, 0.05) is 37.1 Å². The molecular formula is C23H24FN3OS. The lowest BCUT2D eigenvalue weighted by Gasteiger charge is -2.34. The van der Waals surface area contributed by atoms with Crippen molar-refractivity contribution in [2.75, 3.05) is 26.2 Å². The monoisotopic (exact) mass is 409 g/mol. The molecule has 6 heteroatoms. The number of thiazole rings is 1. The first-order chi connectivity index (χ1) is 14.1. The minimum Gasteiger partial charge on any atom is -0.340 e. The van der Waals surface area contributed by atoms with Gasteiger partial charge in [0.2, 0.25) is 5.91 Å². The second kappa shape index (κ2) is 8.84. The van der Waals surface area contributed by atoms with E-state index in [1.165, 1.54) is 17.7 Å². The number of aromatic nitrogens is 1. The number of carbonyl (C=O) groups excluding carboxylic acids is 1. The molecule has 0 aliphatic carbocycles. The summed E-state index contributed by atoms with van der Waals surface area (Å²) in [6.45, 7) is 6.04. The van der Waals surface area contributed by atoms with Crippen LogP contribution in [0, 0.1) is 12.7 Å². The maximum Gasteiger partial charge on any atom is 0.227 e. The van der Waals surface area contributed by atoms with E-state index in [-0.39, 0.29) is 11.7 Å². The van der Waals surface area contributed by atoms with Crippen molar-refractivity contribution in [2.45, 2.75) is 19.9 Å².